The summed E-state index contributed by atoms with van der Waals surface area (Å²) in [5.41, 5.74) is 0.854. The number of benzene rings is 3. The summed E-state index contributed by atoms with van der Waals surface area (Å²) in [5.74, 6) is -0.662. The molecule has 1 amide bonds. The Balaban J connectivity index is 1.56. The van der Waals surface area contributed by atoms with Crippen LogP contribution in [-0.4, -0.2) is 18.6 Å². The molecule has 192 valence electrons. The normalized spacial score (nSPS) is 11.8. The first-order valence-electron chi connectivity index (χ1n) is 11.3. The maximum atomic E-state index is 13.5. The molecule has 1 aromatic heterocycles. The number of nitrogens with one attached hydrogen (secondary N) is 1. The van der Waals surface area contributed by atoms with Gasteiger partial charge < -0.3 is 9.73 Å². The van der Waals surface area contributed by atoms with Crippen molar-refractivity contribution < 1.29 is 22.0 Å². The Bertz CT molecular complexity index is 1590. The highest BCUT2D eigenvalue weighted by Gasteiger charge is 2.26. The molecular formula is C28H21ClFN3O4S. The van der Waals surface area contributed by atoms with Gasteiger partial charge in [-0.05, 0) is 66.2 Å². The first kappa shape index (κ1) is 26.8. The molecule has 0 aliphatic heterocycles. The van der Waals surface area contributed by atoms with E-state index in [0.29, 0.717) is 16.5 Å². The van der Waals surface area contributed by atoms with Crippen molar-refractivity contribution in [1.82, 2.24) is 4.31 Å². The highest BCUT2D eigenvalue weighted by molar-refractivity contribution is 7.89. The summed E-state index contributed by atoms with van der Waals surface area (Å²) in [6.07, 6.45) is 1.25. The lowest BCUT2D eigenvalue weighted by atomic mass is 10.2. The number of carbonyl (C=O) groups is 1. The molecule has 4 aromatic rings. The Morgan fingerprint density at radius 1 is 0.974 bits per heavy atom. The van der Waals surface area contributed by atoms with Crippen molar-refractivity contribution in [3.8, 4) is 6.07 Å². The molecule has 1 heterocycles. The van der Waals surface area contributed by atoms with E-state index in [-0.39, 0.29) is 29.3 Å². The predicted molar refractivity (Wildman–Crippen MR) is 142 cm³/mol. The fourth-order valence-electron chi connectivity index (χ4n) is 3.52. The second-order valence-electron chi connectivity index (χ2n) is 8.15. The van der Waals surface area contributed by atoms with E-state index in [0.717, 1.165) is 5.56 Å². The fraction of sp³-hybridized carbons (Fsp3) is 0.0714. The van der Waals surface area contributed by atoms with E-state index in [4.69, 9.17) is 16.0 Å². The molecule has 0 aliphatic rings. The van der Waals surface area contributed by atoms with Gasteiger partial charge in [0, 0.05) is 23.3 Å². The third kappa shape index (κ3) is 6.75. The number of halogens is 2. The fourth-order valence-corrected chi connectivity index (χ4v) is 5.04. The van der Waals surface area contributed by atoms with Gasteiger partial charge >= 0.3 is 0 Å². The lowest BCUT2D eigenvalue weighted by molar-refractivity contribution is -0.112. The summed E-state index contributed by atoms with van der Waals surface area (Å²) < 4.78 is 47.1. The molecule has 0 unspecified atom stereocenters. The summed E-state index contributed by atoms with van der Waals surface area (Å²) in [7, 11) is -3.93. The van der Waals surface area contributed by atoms with E-state index in [1.54, 1.807) is 6.07 Å². The van der Waals surface area contributed by atoms with Crippen LogP contribution in [0.25, 0.3) is 6.08 Å². The second-order valence-corrected chi connectivity index (χ2v) is 10.5. The molecule has 0 spiro atoms. The number of sulfonamides is 1. The van der Waals surface area contributed by atoms with Crippen LogP contribution in [0.1, 0.15) is 17.1 Å². The number of hydrogen-bond acceptors (Lipinski definition) is 5. The van der Waals surface area contributed by atoms with E-state index < -0.39 is 21.7 Å². The van der Waals surface area contributed by atoms with Crippen LogP contribution >= 0.6 is 11.6 Å². The molecule has 0 saturated heterocycles. The lowest BCUT2D eigenvalue weighted by Crippen LogP contribution is -2.30. The molecule has 0 atom stereocenters. The van der Waals surface area contributed by atoms with Crippen LogP contribution in [0.2, 0.25) is 5.02 Å². The minimum absolute atomic E-state index is 0.0775. The van der Waals surface area contributed by atoms with E-state index in [1.807, 2.05) is 36.4 Å². The van der Waals surface area contributed by atoms with Gasteiger partial charge in [-0.1, -0.05) is 41.9 Å². The number of furan rings is 1. The number of carbonyl (C=O) groups excluding carboxylic acids is 1. The van der Waals surface area contributed by atoms with Gasteiger partial charge in [0.05, 0.1) is 11.4 Å². The molecule has 0 aliphatic carbocycles. The van der Waals surface area contributed by atoms with Crippen LogP contribution in [-0.2, 0) is 27.9 Å². The van der Waals surface area contributed by atoms with Gasteiger partial charge in [-0.25, -0.2) is 12.8 Å². The quantitative estimate of drug-likeness (QED) is 0.203. The van der Waals surface area contributed by atoms with Gasteiger partial charge in [-0.3, -0.25) is 4.79 Å². The van der Waals surface area contributed by atoms with Gasteiger partial charge in [-0.15, -0.1) is 0 Å². The van der Waals surface area contributed by atoms with Crippen molar-refractivity contribution in [3.63, 3.8) is 0 Å². The summed E-state index contributed by atoms with van der Waals surface area (Å²) in [6.45, 7) is -0.0153. The highest BCUT2D eigenvalue weighted by Crippen LogP contribution is 2.24. The Hall–Kier alpha value is -4.23. The van der Waals surface area contributed by atoms with E-state index in [1.165, 1.54) is 65.0 Å². The smallest absolute Gasteiger partial charge is 0.266 e. The van der Waals surface area contributed by atoms with Gasteiger partial charge in [0.15, 0.2) is 0 Å². The third-order valence-electron chi connectivity index (χ3n) is 5.42. The van der Waals surface area contributed by atoms with Crippen LogP contribution in [0.15, 0.2) is 106 Å². The molecular weight excluding hydrogens is 529 g/mol. The van der Waals surface area contributed by atoms with Crippen molar-refractivity contribution in [3.05, 3.63) is 124 Å². The van der Waals surface area contributed by atoms with E-state index >= 15 is 0 Å². The van der Waals surface area contributed by atoms with E-state index in [9.17, 15) is 22.9 Å². The minimum atomic E-state index is -3.93. The number of amides is 1. The Labute approximate surface area is 224 Å². The van der Waals surface area contributed by atoms with Crippen molar-refractivity contribution in [2.24, 2.45) is 0 Å². The monoisotopic (exact) mass is 549 g/mol. The molecule has 4 rings (SSSR count). The van der Waals surface area contributed by atoms with Crippen molar-refractivity contribution >= 4 is 39.3 Å². The van der Waals surface area contributed by atoms with Gasteiger partial charge in [0.25, 0.3) is 5.91 Å². The molecule has 3 aromatic carbocycles. The maximum Gasteiger partial charge on any atom is 0.266 e. The Morgan fingerprint density at radius 3 is 2.32 bits per heavy atom. The van der Waals surface area contributed by atoms with Gasteiger partial charge in [-0.2, -0.15) is 9.57 Å². The van der Waals surface area contributed by atoms with Crippen LogP contribution in [0, 0.1) is 17.1 Å². The second kappa shape index (κ2) is 11.9. The number of anilines is 1. The Kier molecular flexibility index (Phi) is 8.38. The van der Waals surface area contributed by atoms with Crippen LogP contribution < -0.4 is 5.32 Å². The molecule has 38 heavy (non-hydrogen) atoms. The predicted octanol–water partition coefficient (Wildman–Crippen LogP) is 6.01. The van der Waals surface area contributed by atoms with Crippen molar-refractivity contribution in [2.45, 2.75) is 18.0 Å². The first-order chi connectivity index (χ1) is 18.2. The molecule has 7 nitrogen and oxygen atoms in total. The summed E-state index contributed by atoms with van der Waals surface area (Å²) in [4.78, 5) is 12.6. The molecule has 0 saturated carbocycles. The number of nitrogens with zero attached hydrogens (tertiary/aromatic N) is 2. The zero-order chi connectivity index (χ0) is 27.1. The highest BCUT2D eigenvalue weighted by atomic mass is 35.5. The number of rotatable bonds is 9. The van der Waals surface area contributed by atoms with Gasteiger partial charge in [0.1, 0.15) is 29.0 Å². The van der Waals surface area contributed by atoms with Crippen LogP contribution in [0.5, 0.6) is 0 Å². The zero-order valence-electron chi connectivity index (χ0n) is 19.8. The van der Waals surface area contributed by atoms with Crippen LogP contribution in [0.3, 0.4) is 0 Å². The largest absolute Gasteiger partial charge is 0.460 e. The molecule has 0 bridgehead atoms. The average molecular weight is 550 g/mol. The van der Waals surface area contributed by atoms with Crippen molar-refractivity contribution in [1.29, 1.82) is 5.26 Å². The topological polar surface area (TPSA) is 103 Å². The third-order valence-corrected chi connectivity index (χ3v) is 7.48. The lowest BCUT2D eigenvalue weighted by Gasteiger charge is -2.21. The number of nitriles is 1. The molecule has 1 N–H and O–H groups in total. The SMILES string of the molecule is N#C/C(=C\c1ccc(CN(Cc2ccccc2)S(=O)(=O)c2ccc(Cl)cc2)o1)C(=O)Nc1ccc(F)cc1. The van der Waals surface area contributed by atoms with Crippen LogP contribution in [0.4, 0.5) is 10.1 Å². The first-order valence-corrected chi connectivity index (χ1v) is 13.1. The maximum absolute atomic E-state index is 13.5. The van der Waals surface area contributed by atoms with Crippen molar-refractivity contribution in [2.75, 3.05) is 5.32 Å². The molecule has 0 fully saturated rings. The van der Waals surface area contributed by atoms with Gasteiger partial charge in [0.2, 0.25) is 10.0 Å². The molecule has 10 heteroatoms. The summed E-state index contributed by atoms with van der Waals surface area (Å²) in [6, 6.07) is 25.0. The minimum Gasteiger partial charge on any atom is -0.460 e. The Morgan fingerprint density at radius 2 is 1.66 bits per heavy atom. The standard InChI is InChI=1S/C28H21ClFN3O4S/c29-22-6-14-27(15-7-22)38(35,36)33(18-20-4-2-1-3-5-20)19-26-13-12-25(37-26)16-21(17-31)28(34)32-24-10-8-23(30)9-11-24/h1-16H,18-19H2,(H,32,34)/b21-16+. The summed E-state index contributed by atoms with van der Waals surface area (Å²) in [5, 5.41) is 12.4. The summed E-state index contributed by atoms with van der Waals surface area (Å²) >= 11 is 5.94. The molecule has 0 radical (unpaired) electrons. The zero-order valence-corrected chi connectivity index (χ0v) is 21.4. The average Bonchev–Trinajstić information content (AvgIpc) is 3.36. The number of hydrogen-bond donors (Lipinski definition) is 1. The van der Waals surface area contributed by atoms with E-state index in [2.05, 4.69) is 5.32 Å².